The molecule has 0 radical (unpaired) electrons. The summed E-state index contributed by atoms with van der Waals surface area (Å²) in [5, 5.41) is 12.9. The van der Waals surface area contributed by atoms with Crippen molar-refractivity contribution in [1.82, 2.24) is 0 Å². The summed E-state index contributed by atoms with van der Waals surface area (Å²) in [6, 6.07) is 11.9. The van der Waals surface area contributed by atoms with Crippen LogP contribution in [0.15, 0.2) is 48.5 Å². The van der Waals surface area contributed by atoms with Crippen molar-refractivity contribution >= 4 is 23.3 Å². The molecule has 8 heteroatoms. The lowest BCUT2D eigenvalue weighted by Crippen LogP contribution is -2.28. The Kier molecular flexibility index (Phi) is 4.66. The Hall–Kier alpha value is -3.29. The molecule has 1 aliphatic carbocycles. The van der Waals surface area contributed by atoms with Crippen molar-refractivity contribution in [3.8, 4) is 0 Å². The van der Waals surface area contributed by atoms with Crippen LogP contribution >= 0.6 is 0 Å². The minimum absolute atomic E-state index is 0.343. The average molecular weight is 358 g/mol. The van der Waals surface area contributed by atoms with Gasteiger partial charge in [-0.15, -0.1) is 0 Å². The Labute approximate surface area is 147 Å². The number of halogens is 1. The third kappa shape index (κ3) is 3.53. The molecule has 134 valence electrons. The number of esters is 1. The van der Waals surface area contributed by atoms with Crippen LogP contribution in [-0.4, -0.2) is 23.4 Å². The van der Waals surface area contributed by atoms with Gasteiger partial charge in [-0.3, -0.25) is 19.7 Å². The molecule has 0 atom stereocenters. The van der Waals surface area contributed by atoms with Crippen LogP contribution in [0, 0.1) is 15.9 Å². The van der Waals surface area contributed by atoms with Crippen molar-refractivity contribution < 1.29 is 23.6 Å². The number of rotatable bonds is 6. The number of carbonyl (C=O) groups excluding carboxylic acids is 2. The Morgan fingerprint density at radius 3 is 2.50 bits per heavy atom. The van der Waals surface area contributed by atoms with Gasteiger partial charge >= 0.3 is 5.97 Å². The fraction of sp³-hybridized carbons (Fsp3) is 0.222. The topological polar surface area (TPSA) is 98.5 Å². The van der Waals surface area contributed by atoms with Crippen LogP contribution in [0.3, 0.4) is 0 Å². The van der Waals surface area contributed by atoms with E-state index < -0.39 is 34.6 Å². The number of nitro groups is 1. The highest BCUT2D eigenvalue weighted by Gasteiger charge is 2.52. The van der Waals surface area contributed by atoms with Crippen molar-refractivity contribution in [2.75, 3.05) is 11.9 Å². The number of ether oxygens (including phenoxy) is 1. The Morgan fingerprint density at radius 1 is 1.19 bits per heavy atom. The van der Waals surface area contributed by atoms with Gasteiger partial charge in [0.15, 0.2) is 6.61 Å². The molecule has 1 aliphatic rings. The smallest absolute Gasteiger partial charge is 0.317 e. The van der Waals surface area contributed by atoms with E-state index in [4.69, 9.17) is 4.74 Å². The first-order chi connectivity index (χ1) is 12.4. The first-order valence-electron chi connectivity index (χ1n) is 7.89. The van der Waals surface area contributed by atoms with Crippen LogP contribution in [0.25, 0.3) is 0 Å². The van der Waals surface area contributed by atoms with E-state index in [9.17, 15) is 24.1 Å². The fourth-order valence-corrected chi connectivity index (χ4v) is 2.67. The molecule has 2 aromatic rings. The van der Waals surface area contributed by atoms with Crippen LogP contribution in [0.4, 0.5) is 15.8 Å². The second kappa shape index (κ2) is 6.91. The number of nitro benzene ring substituents is 1. The van der Waals surface area contributed by atoms with Gasteiger partial charge in [-0.2, -0.15) is 0 Å². The monoisotopic (exact) mass is 358 g/mol. The van der Waals surface area contributed by atoms with E-state index in [1.54, 1.807) is 0 Å². The summed E-state index contributed by atoms with van der Waals surface area (Å²) in [6.07, 6.45) is 1.27. The van der Waals surface area contributed by atoms with Gasteiger partial charge < -0.3 is 10.1 Å². The Balaban J connectivity index is 1.61. The van der Waals surface area contributed by atoms with Gasteiger partial charge in [0.2, 0.25) is 0 Å². The normalized spacial score (nSPS) is 14.3. The third-order valence-corrected chi connectivity index (χ3v) is 4.24. The van der Waals surface area contributed by atoms with Crippen LogP contribution in [0.5, 0.6) is 0 Å². The molecule has 1 amide bonds. The number of nitrogens with one attached hydrogen (secondary N) is 1. The number of non-ortho nitro benzene ring substituents is 1. The minimum Gasteiger partial charge on any atom is -0.455 e. The fourth-order valence-electron chi connectivity index (χ4n) is 2.67. The molecule has 1 fully saturated rings. The molecule has 0 heterocycles. The highest BCUT2D eigenvalue weighted by atomic mass is 19.1. The molecule has 0 saturated heterocycles. The Bertz CT molecular complexity index is 865. The molecule has 26 heavy (non-hydrogen) atoms. The largest absolute Gasteiger partial charge is 0.455 e. The zero-order valence-corrected chi connectivity index (χ0v) is 13.6. The summed E-state index contributed by atoms with van der Waals surface area (Å²) in [5.41, 5.74) is -0.600. The van der Waals surface area contributed by atoms with Crippen molar-refractivity contribution in [2.24, 2.45) is 0 Å². The molecule has 0 aromatic heterocycles. The third-order valence-electron chi connectivity index (χ3n) is 4.24. The van der Waals surface area contributed by atoms with Crippen molar-refractivity contribution in [3.05, 3.63) is 70.0 Å². The Morgan fingerprint density at radius 2 is 1.88 bits per heavy atom. The summed E-state index contributed by atoms with van der Waals surface area (Å²) in [6.45, 7) is -0.602. The van der Waals surface area contributed by atoms with E-state index in [2.05, 4.69) is 5.32 Å². The lowest BCUT2D eigenvalue weighted by molar-refractivity contribution is -0.384. The van der Waals surface area contributed by atoms with Gasteiger partial charge in [0.05, 0.1) is 16.0 Å². The van der Waals surface area contributed by atoms with Crippen molar-refractivity contribution in [2.45, 2.75) is 18.3 Å². The van der Waals surface area contributed by atoms with Gasteiger partial charge in [0.25, 0.3) is 11.6 Å². The highest BCUT2D eigenvalue weighted by Crippen LogP contribution is 2.49. The standard InChI is InChI=1S/C18H15FN2O5/c19-14-7-6-13(21(24)25)10-15(14)20-16(22)11-26-17(23)18(8-9-18)12-4-2-1-3-5-12/h1-7,10H,8-9,11H2,(H,20,22). The number of nitrogens with zero attached hydrogens (tertiary/aromatic N) is 1. The number of anilines is 1. The second-order valence-electron chi connectivity index (χ2n) is 5.99. The predicted molar refractivity (Wildman–Crippen MR) is 90.0 cm³/mol. The van der Waals surface area contributed by atoms with Gasteiger partial charge in [0, 0.05) is 12.1 Å². The lowest BCUT2D eigenvalue weighted by atomic mass is 9.96. The van der Waals surface area contributed by atoms with E-state index in [1.807, 2.05) is 30.3 Å². The van der Waals surface area contributed by atoms with Crippen molar-refractivity contribution in [1.29, 1.82) is 0 Å². The maximum absolute atomic E-state index is 13.7. The van der Waals surface area contributed by atoms with Crippen molar-refractivity contribution in [3.63, 3.8) is 0 Å². The first-order valence-corrected chi connectivity index (χ1v) is 7.89. The first kappa shape index (κ1) is 17.5. The van der Waals surface area contributed by atoms with Gasteiger partial charge in [0.1, 0.15) is 5.82 Å². The number of carbonyl (C=O) groups is 2. The van der Waals surface area contributed by atoms with Gasteiger partial charge in [-0.05, 0) is 24.5 Å². The second-order valence-corrected chi connectivity index (χ2v) is 5.99. The van der Waals surface area contributed by atoms with Gasteiger partial charge in [-0.1, -0.05) is 30.3 Å². The van der Waals surface area contributed by atoms with E-state index in [1.165, 1.54) is 0 Å². The van der Waals surface area contributed by atoms with Crippen LogP contribution in [0.1, 0.15) is 18.4 Å². The number of hydrogen-bond donors (Lipinski definition) is 1. The molecule has 0 spiro atoms. The number of benzene rings is 2. The molecule has 2 aromatic carbocycles. The predicted octanol–water partition coefficient (Wildman–Crippen LogP) is 2.95. The number of hydrogen-bond acceptors (Lipinski definition) is 5. The lowest BCUT2D eigenvalue weighted by Gasteiger charge is -2.14. The van der Waals surface area contributed by atoms with Gasteiger partial charge in [-0.25, -0.2) is 4.39 Å². The van der Waals surface area contributed by atoms with E-state index in [0.717, 1.165) is 23.8 Å². The molecule has 1 saturated carbocycles. The van der Waals surface area contributed by atoms with Crippen LogP contribution in [-0.2, 0) is 19.7 Å². The van der Waals surface area contributed by atoms with E-state index in [0.29, 0.717) is 12.8 Å². The molecule has 0 aliphatic heterocycles. The number of amides is 1. The summed E-state index contributed by atoms with van der Waals surface area (Å²) in [5.74, 6) is -2.11. The zero-order chi connectivity index (χ0) is 18.7. The zero-order valence-electron chi connectivity index (χ0n) is 13.6. The molecule has 0 bridgehead atoms. The molecular weight excluding hydrogens is 343 g/mol. The van der Waals surface area contributed by atoms with E-state index >= 15 is 0 Å². The maximum atomic E-state index is 13.7. The molecule has 3 rings (SSSR count). The summed E-state index contributed by atoms with van der Waals surface area (Å²) in [7, 11) is 0. The van der Waals surface area contributed by atoms with Crippen LogP contribution < -0.4 is 5.32 Å². The maximum Gasteiger partial charge on any atom is 0.317 e. The summed E-state index contributed by atoms with van der Waals surface area (Å²) >= 11 is 0. The summed E-state index contributed by atoms with van der Waals surface area (Å²) in [4.78, 5) is 34.3. The molecule has 0 unspecified atom stereocenters. The average Bonchev–Trinajstić information content (AvgIpc) is 3.44. The molecule has 1 N–H and O–H groups in total. The molecular formula is C18H15FN2O5. The molecule has 7 nitrogen and oxygen atoms in total. The van der Waals surface area contributed by atoms with Crippen LogP contribution in [0.2, 0.25) is 0 Å². The summed E-state index contributed by atoms with van der Waals surface area (Å²) < 4.78 is 18.7. The minimum atomic E-state index is -0.821. The van der Waals surface area contributed by atoms with E-state index in [-0.39, 0.29) is 11.4 Å². The highest BCUT2D eigenvalue weighted by molar-refractivity contribution is 5.94. The SMILES string of the molecule is O=C(COC(=O)C1(c2ccccc2)CC1)Nc1cc([N+](=O)[O-])ccc1F. The quantitative estimate of drug-likeness (QED) is 0.486.